The average Bonchev–Trinajstić information content (AvgIpc) is 3.67. The van der Waals surface area contributed by atoms with Gasteiger partial charge in [0.1, 0.15) is 12.1 Å². The minimum absolute atomic E-state index is 0.0469. The molecule has 2 aromatic heterocycles. The van der Waals surface area contributed by atoms with Crippen LogP contribution in [0.1, 0.15) is 61.6 Å². The second-order valence-electron chi connectivity index (χ2n) is 12.3. The Morgan fingerprint density at radius 2 is 1.76 bits per heavy atom. The van der Waals surface area contributed by atoms with Crippen LogP contribution in [0.15, 0.2) is 36.4 Å². The van der Waals surface area contributed by atoms with Gasteiger partial charge in [0.2, 0.25) is 0 Å². The van der Waals surface area contributed by atoms with Crippen molar-refractivity contribution in [3.8, 4) is 0 Å². The van der Waals surface area contributed by atoms with E-state index in [0.717, 1.165) is 69.1 Å². The fraction of sp³-hybridized carbons (Fsp3) is 0.469. The van der Waals surface area contributed by atoms with Crippen LogP contribution in [0.3, 0.4) is 0 Å². The molecule has 0 bridgehead atoms. The van der Waals surface area contributed by atoms with E-state index in [2.05, 4.69) is 20.3 Å². The van der Waals surface area contributed by atoms with E-state index in [-0.39, 0.29) is 35.7 Å². The molecule has 0 spiro atoms. The Labute approximate surface area is 267 Å². The lowest BCUT2D eigenvalue weighted by Gasteiger charge is -2.38. The van der Waals surface area contributed by atoms with Gasteiger partial charge in [-0.15, -0.1) is 5.10 Å². The number of hydrogen-bond acceptors (Lipinski definition) is 7. The van der Waals surface area contributed by atoms with Crippen LogP contribution in [0.5, 0.6) is 0 Å². The summed E-state index contributed by atoms with van der Waals surface area (Å²) in [5.41, 5.74) is 0.356. The molecule has 1 saturated heterocycles. The van der Waals surface area contributed by atoms with Gasteiger partial charge >= 0.3 is 6.18 Å². The molecule has 0 amide bonds. The van der Waals surface area contributed by atoms with Crippen LogP contribution in [0.4, 0.5) is 33.7 Å². The second-order valence-corrected chi connectivity index (χ2v) is 12.7. The van der Waals surface area contributed by atoms with Gasteiger partial charge in [0.05, 0.1) is 18.1 Å². The maximum Gasteiger partial charge on any atom is 0.416 e. The maximum atomic E-state index is 14.4. The number of aryl methyl sites for hydroxylation is 1. The number of pyridine rings is 1. The number of aldehydes is 1. The Morgan fingerprint density at radius 3 is 2.46 bits per heavy atom. The molecule has 2 aromatic carbocycles. The SMILES string of the molecule is Cn1nnc(N(Cc2cc(Cl)cc(C(F)(F)F)c2)Cc2cc3cc(F)c(F)cc3nc2N2CCC[C@@H]2C2CCC(CC=O)CC2)n1. The van der Waals surface area contributed by atoms with Gasteiger partial charge < -0.3 is 14.6 Å². The summed E-state index contributed by atoms with van der Waals surface area (Å²) in [5.74, 6) is -0.466. The smallest absolute Gasteiger partial charge is 0.353 e. The summed E-state index contributed by atoms with van der Waals surface area (Å²) < 4.78 is 69.7. The maximum absolute atomic E-state index is 14.4. The van der Waals surface area contributed by atoms with Gasteiger partial charge in [-0.1, -0.05) is 16.7 Å². The van der Waals surface area contributed by atoms with Crippen LogP contribution in [0.25, 0.3) is 10.9 Å². The molecular weight excluding hydrogens is 629 g/mol. The standard InChI is InChI=1S/C32H33ClF5N7O/c1-43-41-31(40-42-43)44(17-20-11-24(32(36,37)38)15-25(33)12-20)18-23-13-22-14-26(34)27(35)16-28(22)39-30(23)45-9-2-3-29(45)21-6-4-19(5-7-21)8-10-46/h10-16,19,21,29H,2-9,17-18H2,1H3/t19?,21?,29-/m1/s1. The fourth-order valence-electron chi connectivity index (χ4n) is 6.99. The summed E-state index contributed by atoms with van der Waals surface area (Å²) in [6.07, 6.45) is 2.74. The predicted octanol–water partition coefficient (Wildman–Crippen LogP) is 7.28. The number of tetrazole rings is 1. The van der Waals surface area contributed by atoms with E-state index in [1.807, 2.05) is 0 Å². The van der Waals surface area contributed by atoms with Crippen LogP contribution in [0, 0.1) is 23.5 Å². The largest absolute Gasteiger partial charge is 0.416 e. The molecule has 0 N–H and O–H groups in total. The highest BCUT2D eigenvalue weighted by atomic mass is 35.5. The lowest BCUT2D eigenvalue weighted by Crippen LogP contribution is -2.39. The number of carbonyl (C=O) groups is 1. The number of anilines is 2. The lowest BCUT2D eigenvalue weighted by molar-refractivity contribution is -0.137. The first-order chi connectivity index (χ1) is 22.0. The molecule has 1 atom stereocenters. The van der Waals surface area contributed by atoms with Crippen molar-refractivity contribution in [1.82, 2.24) is 25.2 Å². The molecule has 1 saturated carbocycles. The van der Waals surface area contributed by atoms with Crippen LogP contribution >= 0.6 is 11.6 Å². The van der Waals surface area contributed by atoms with E-state index in [1.165, 1.54) is 10.9 Å². The summed E-state index contributed by atoms with van der Waals surface area (Å²) in [4.78, 5) is 21.1. The van der Waals surface area contributed by atoms with Crippen LogP contribution < -0.4 is 9.80 Å². The first-order valence-corrected chi connectivity index (χ1v) is 15.7. The summed E-state index contributed by atoms with van der Waals surface area (Å²) in [6, 6.07) is 7.45. The van der Waals surface area contributed by atoms with E-state index in [4.69, 9.17) is 16.6 Å². The van der Waals surface area contributed by atoms with Crippen LogP contribution in [0.2, 0.25) is 5.02 Å². The lowest BCUT2D eigenvalue weighted by atomic mass is 9.77. The quantitative estimate of drug-likeness (QED) is 0.138. The summed E-state index contributed by atoms with van der Waals surface area (Å²) in [5, 5.41) is 12.7. The molecule has 4 aromatic rings. The number of benzene rings is 2. The first-order valence-electron chi connectivity index (χ1n) is 15.3. The minimum atomic E-state index is -4.60. The summed E-state index contributed by atoms with van der Waals surface area (Å²) in [6.45, 7) is 0.752. The van der Waals surface area contributed by atoms with E-state index in [1.54, 1.807) is 18.0 Å². The fourth-order valence-corrected chi connectivity index (χ4v) is 7.24. The minimum Gasteiger partial charge on any atom is -0.353 e. The molecule has 244 valence electrons. The zero-order chi connectivity index (χ0) is 32.6. The van der Waals surface area contributed by atoms with Gasteiger partial charge in [0, 0.05) is 54.1 Å². The Bertz CT molecular complexity index is 1720. The molecule has 1 aliphatic carbocycles. The monoisotopic (exact) mass is 661 g/mol. The van der Waals surface area contributed by atoms with Crippen molar-refractivity contribution >= 4 is 40.6 Å². The Hall–Kier alpha value is -3.87. The summed E-state index contributed by atoms with van der Waals surface area (Å²) >= 11 is 6.10. The number of nitrogens with zero attached hydrogens (tertiary/aromatic N) is 7. The first kappa shape index (κ1) is 32.1. The number of carbonyl (C=O) groups excluding carboxylic acids is 1. The van der Waals surface area contributed by atoms with Crippen molar-refractivity contribution in [3.63, 3.8) is 0 Å². The molecule has 3 heterocycles. The Morgan fingerprint density at radius 1 is 1.00 bits per heavy atom. The third kappa shape index (κ3) is 6.93. The highest BCUT2D eigenvalue weighted by Gasteiger charge is 2.36. The topological polar surface area (TPSA) is 80.0 Å². The molecule has 14 heteroatoms. The molecule has 1 aliphatic heterocycles. The molecule has 0 unspecified atom stereocenters. The molecule has 2 aliphatic rings. The van der Waals surface area contributed by atoms with Gasteiger partial charge in [-0.05, 0) is 91.5 Å². The summed E-state index contributed by atoms with van der Waals surface area (Å²) in [7, 11) is 1.58. The molecule has 2 fully saturated rings. The highest BCUT2D eigenvalue weighted by molar-refractivity contribution is 6.30. The van der Waals surface area contributed by atoms with Crippen LogP contribution in [-0.4, -0.2) is 44.1 Å². The molecule has 0 radical (unpaired) electrons. The van der Waals surface area contributed by atoms with Crippen molar-refractivity contribution in [3.05, 3.63) is 69.7 Å². The van der Waals surface area contributed by atoms with Crippen molar-refractivity contribution < 1.29 is 26.7 Å². The Kier molecular flexibility index (Phi) is 9.13. The molecule has 6 rings (SSSR count). The predicted molar refractivity (Wildman–Crippen MR) is 163 cm³/mol. The zero-order valence-electron chi connectivity index (χ0n) is 25.2. The van der Waals surface area contributed by atoms with Gasteiger partial charge in [-0.3, -0.25) is 0 Å². The third-order valence-electron chi connectivity index (χ3n) is 9.15. The second kappa shape index (κ2) is 13.1. The number of aromatic nitrogens is 5. The van der Waals surface area contributed by atoms with Crippen LogP contribution in [-0.2, 0) is 31.1 Å². The molecule has 46 heavy (non-hydrogen) atoms. The normalized spacial score (nSPS) is 20.4. The number of hydrogen-bond donors (Lipinski definition) is 0. The molecular formula is C32H33ClF5N7O. The number of halogens is 6. The van der Waals surface area contributed by atoms with Gasteiger partial charge in [-0.25, -0.2) is 13.8 Å². The average molecular weight is 662 g/mol. The van der Waals surface area contributed by atoms with Gasteiger partial charge in [-0.2, -0.15) is 18.0 Å². The molecule has 8 nitrogen and oxygen atoms in total. The van der Waals surface area contributed by atoms with Crippen molar-refractivity contribution in [2.24, 2.45) is 18.9 Å². The van der Waals surface area contributed by atoms with E-state index in [0.29, 0.717) is 47.1 Å². The third-order valence-corrected chi connectivity index (χ3v) is 9.37. The number of alkyl halides is 3. The van der Waals surface area contributed by atoms with Crippen molar-refractivity contribution in [2.45, 2.75) is 70.3 Å². The van der Waals surface area contributed by atoms with E-state index >= 15 is 0 Å². The number of fused-ring (bicyclic) bond motifs is 1. The van der Waals surface area contributed by atoms with E-state index < -0.39 is 23.4 Å². The zero-order valence-corrected chi connectivity index (χ0v) is 25.9. The van der Waals surface area contributed by atoms with Gasteiger partial charge in [0.15, 0.2) is 11.6 Å². The van der Waals surface area contributed by atoms with Crippen molar-refractivity contribution in [2.75, 3.05) is 16.3 Å². The van der Waals surface area contributed by atoms with Gasteiger partial charge in [0.25, 0.3) is 5.95 Å². The van der Waals surface area contributed by atoms with Crippen molar-refractivity contribution in [1.29, 1.82) is 0 Å². The Balaban J connectivity index is 1.39. The van der Waals surface area contributed by atoms with E-state index in [9.17, 15) is 26.7 Å². The highest BCUT2D eigenvalue weighted by Crippen LogP contribution is 2.41. The number of rotatable bonds is 9.